The number of halogens is 1. The van der Waals surface area contributed by atoms with Crippen LogP contribution in [0.5, 0.6) is 0 Å². The van der Waals surface area contributed by atoms with Crippen LogP contribution in [0.3, 0.4) is 0 Å². The smallest absolute Gasteiger partial charge is 0.169 e. The number of carbonyl (C=O) groups excluding carboxylic acids is 1. The van der Waals surface area contributed by atoms with Crippen LogP contribution in [0.1, 0.15) is 72.1 Å². The number of Topliss-reactive ketones (excluding diaryl/α,β-unsaturated/α-hetero) is 1. The van der Waals surface area contributed by atoms with Crippen LogP contribution in [-0.2, 0) is 4.79 Å². The average Bonchev–Trinajstić information content (AvgIpc) is 2.74. The average molecular weight is 381 g/mol. The number of rotatable bonds is 0. The summed E-state index contributed by atoms with van der Waals surface area (Å²) in [7, 11) is 0. The van der Waals surface area contributed by atoms with Gasteiger partial charge in [-0.2, -0.15) is 0 Å². The number of ketones is 1. The maximum absolute atomic E-state index is 12.1. The van der Waals surface area contributed by atoms with E-state index in [0.29, 0.717) is 24.0 Å². The minimum absolute atomic E-state index is 0.0907. The molecular formula is C20H29BrO2. The molecule has 1 N–H and O–H groups in total. The normalized spacial score (nSPS) is 52.9. The molecule has 0 aromatic rings. The molecule has 0 bridgehead atoms. The van der Waals surface area contributed by atoms with Crippen molar-refractivity contribution in [1.29, 1.82) is 0 Å². The highest BCUT2D eigenvalue weighted by Crippen LogP contribution is 2.67. The Labute approximate surface area is 148 Å². The lowest BCUT2D eigenvalue weighted by Gasteiger charge is -2.59. The van der Waals surface area contributed by atoms with Gasteiger partial charge >= 0.3 is 0 Å². The molecule has 6 atom stereocenters. The van der Waals surface area contributed by atoms with Crippen molar-refractivity contribution in [1.82, 2.24) is 0 Å². The van der Waals surface area contributed by atoms with Crippen molar-refractivity contribution in [2.24, 2.45) is 28.6 Å². The lowest BCUT2D eigenvalue weighted by atomic mass is 9.46. The standard InChI is InChI=1S/C20H29BrO2/c1-18-9-8-16(22)17(21)15(18)5-4-12-13(18)6-10-19(2)14(12)7-11-20(19,3)23/h12-14,23H,4-11H2,1-3H3/t12-,13+,14+,18-,19+,20+/m1/s1. The van der Waals surface area contributed by atoms with E-state index in [1.807, 2.05) is 0 Å². The van der Waals surface area contributed by atoms with Gasteiger partial charge in [0.05, 0.1) is 10.1 Å². The summed E-state index contributed by atoms with van der Waals surface area (Å²) in [6.07, 6.45) is 8.48. The van der Waals surface area contributed by atoms with Gasteiger partial charge in [0.1, 0.15) is 0 Å². The van der Waals surface area contributed by atoms with Crippen LogP contribution in [0.25, 0.3) is 0 Å². The van der Waals surface area contributed by atoms with Gasteiger partial charge in [0, 0.05) is 6.42 Å². The summed E-state index contributed by atoms with van der Waals surface area (Å²) in [4.78, 5) is 12.1. The van der Waals surface area contributed by atoms with Crippen LogP contribution in [0.4, 0.5) is 0 Å². The van der Waals surface area contributed by atoms with Gasteiger partial charge in [0.25, 0.3) is 0 Å². The third-order valence-electron chi connectivity index (χ3n) is 8.62. The van der Waals surface area contributed by atoms with Crippen molar-refractivity contribution >= 4 is 21.7 Å². The Morgan fingerprint density at radius 2 is 1.70 bits per heavy atom. The van der Waals surface area contributed by atoms with Crippen molar-refractivity contribution < 1.29 is 9.90 Å². The lowest BCUT2D eigenvalue weighted by molar-refractivity contribution is -0.124. The highest BCUT2D eigenvalue weighted by Gasteiger charge is 2.62. The Kier molecular flexibility index (Phi) is 3.51. The summed E-state index contributed by atoms with van der Waals surface area (Å²) in [5.74, 6) is 2.38. The maximum atomic E-state index is 12.1. The Morgan fingerprint density at radius 3 is 2.43 bits per heavy atom. The number of hydrogen-bond acceptors (Lipinski definition) is 2. The fraction of sp³-hybridized carbons (Fsp3) is 0.850. The Hall–Kier alpha value is -0.150. The van der Waals surface area contributed by atoms with E-state index in [9.17, 15) is 9.90 Å². The van der Waals surface area contributed by atoms with Gasteiger partial charge in [-0.1, -0.05) is 13.8 Å². The zero-order chi connectivity index (χ0) is 16.6. The molecule has 4 rings (SSSR count). The van der Waals surface area contributed by atoms with Crippen LogP contribution in [-0.4, -0.2) is 16.5 Å². The van der Waals surface area contributed by atoms with Gasteiger partial charge in [-0.3, -0.25) is 4.79 Å². The SMILES string of the molecule is C[C@]12CCC(=O)C(Br)=C1CC[C@@H]1[C@@H]2CC[C@@]2(C)[C@H]1CC[C@]2(C)O. The molecule has 0 aromatic heterocycles. The molecule has 0 spiro atoms. The fourth-order valence-electron chi connectivity index (χ4n) is 6.89. The van der Waals surface area contributed by atoms with E-state index < -0.39 is 5.60 Å². The van der Waals surface area contributed by atoms with E-state index >= 15 is 0 Å². The van der Waals surface area contributed by atoms with Gasteiger partial charge in [-0.25, -0.2) is 0 Å². The molecule has 0 aromatic carbocycles. The summed E-state index contributed by atoms with van der Waals surface area (Å²) < 4.78 is 0.899. The second-order valence-corrected chi connectivity index (χ2v) is 10.1. The van der Waals surface area contributed by atoms with Gasteiger partial charge in [-0.15, -0.1) is 0 Å². The van der Waals surface area contributed by atoms with E-state index in [1.54, 1.807) is 0 Å². The Bertz CT molecular complexity index is 592. The number of hydrogen-bond donors (Lipinski definition) is 1. The van der Waals surface area contributed by atoms with E-state index in [4.69, 9.17) is 0 Å². The van der Waals surface area contributed by atoms with Crippen LogP contribution in [0, 0.1) is 28.6 Å². The molecule has 2 nitrogen and oxygen atoms in total. The van der Waals surface area contributed by atoms with E-state index in [0.717, 1.165) is 36.1 Å². The monoisotopic (exact) mass is 380 g/mol. The Balaban J connectivity index is 1.72. The summed E-state index contributed by atoms with van der Waals surface area (Å²) in [6.45, 7) is 6.83. The van der Waals surface area contributed by atoms with Gasteiger partial charge in [-0.05, 0) is 102 Å². The van der Waals surface area contributed by atoms with Crippen molar-refractivity contribution in [3.63, 3.8) is 0 Å². The van der Waals surface area contributed by atoms with Crippen LogP contribution in [0.2, 0.25) is 0 Å². The highest BCUT2D eigenvalue weighted by atomic mass is 79.9. The molecule has 3 heteroatoms. The fourth-order valence-corrected chi connectivity index (χ4v) is 7.74. The predicted octanol–water partition coefficient (Wildman–Crippen LogP) is 4.99. The molecule has 3 saturated carbocycles. The lowest BCUT2D eigenvalue weighted by Crippen LogP contribution is -2.54. The van der Waals surface area contributed by atoms with Crippen molar-refractivity contribution in [3.8, 4) is 0 Å². The molecule has 128 valence electrons. The summed E-state index contributed by atoms with van der Waals surface area (Å²) >= 11 is 3.62. The topological polar surface area (TPSA) is 37.3 Å². The molecule has 0 radical (unpaired) electrons. The number of aliphatic hydroxyl groups is 1. The van der Waals surface area contributed by atoms with Crippen LogP contribution < -0.4 is 0 Å². The van der Waals surface area contributed by atoms with Crippen molar-refractivity contribution in [2.45, 2.75) is 77.7 Å². The molecule has 4 aliphatic rings. The first-order valence-corrected chi connectivity index (χ1v) is 10.1. The Morgan fingerprint density at radius 1 is 1.00 bits per heavy atom. The molecule has 3 fully saturated rings. The predicted molar refractivity (Wildman–Crippen MR) is 95.2 cm³/mol. The van der Waals surface area contributed by atoms with Gasteiger partial charge in [0.15, 0.2) is 5.78 Å². The first-order chi connectivity index (χ1) is 10.7. The minimum Gasteiger partial charge on any atom is -0.390 e. The zero-order valence-corrected chi connectivity index (χ0v) is 16.2. The first kappa shape index (κ1) is 16.3. The molecule has 0 aliphatic heterocycles. The van der Waals surface area contributed by atoms with E-state index in [1.165, 1.54) is 24.8 Å². The zero-order valence-electron chi connectivity index (χ0n) is 14.6. The molecule has 0 amide bonds. The van der Waals surface area contributed by atoms with Gasteiger partial charge in [0.2, 0.25) is 0 Å². The number of allylic oxidation sites excluding steroid dienone is 1. The number of fused-ring (bicyclic) bond motifs is 5. The summed E-state index contributed by atoms with van der Waals surface area (Å²) in [5, 5.41) is 11.0. The maximum Gasteiger partial charge on any atom is 0.169 e. The second kappa shape index (κ2) is 4.94. The molecule has 0 heterocycles. The minimum atomic E-state index is -0.497. The third-order valence-corrected chi connectivity index (χ3v) is 9.54. The number of carbonyl (C=O) groups is 1. The molecular weight excluding hydrogens is 352 g/mol. The van der Waals surface area contributed by atoms with Crippen molar-refractivity contribution in [2.75, 3.05) is 0 Å². The molecule has 0 unspecified atom stereocenters. The summed E-state index contributed by atoms with van der Waals surface area (Å²) in [5.41, 5.74) is 1.20. The van der Waals surface area contributed by atoms with Crippen LogP contribution >= 0.6 is 15.9 Å². The quantitative estimate of drug-likeness (QED) is 0.642. The van der Waals surface area contributed by atoms with E-state index in [2.05, 4.69) is 36.7 Å². The largest absolute Gasteiger partial charge is 0.390 e. The summed E-state index contributed by atoms with van der Waals surface area (Å²) in [6, 6.07) is 0. The molecule has 4 aliphatic carbocycles. The molecule has 23 heavy (non-hydrogen) atoms. The third kappa shape index (κ3) is 1.99. The second-order valence-electron chi connectivity index (χ2n) is 9.32. The van der Waals surface area contributed by atoms with Crippen molar-refractivity contribution in [3.05, 3.63) is 10.1 Å². The van der Waals surface area contributed by atoms with Crippen LogP contribution in [0.15, 0.2) is 10.1 Å². The molecule has 0 saturated heterocycles. The van der Waals surface area contributed by atoms with E-state index in [-0.39, 0.29) is 10.8 Å². The first-order valence-electron chi connectivity index (χ1n) is 9.35. The highest BCUT2D eigenvalue weighted by molar-refractivity contribution is 9.12. The van der Waals surface area contributed by atoms with Gasteiger partial charge < -0.3 is 5.11 Å².